The molecule has 15 heavy (non-hydrogen) atoms. The quantitative estimate of drug-likeness (QED) is 0.568. The number of aliphatic imine (C=N–C) groups is 1. The molecule has 0 aliphatic heterocycles. The van der Waals surface area contributed by atoms with Crippen LogP contribution < -0.4 is 0 Å². The van der Waals surface area contributed by atoms with Crippen LogP contribution in [0, 0.1) is 11.3 Å². The normalized spacial score (nSPS) is 12.7. The molecule has 5 heteroatoms. The molecule has 0 aliphatic carbocycles. The van der Waals surface area contributed by atoms with Gasteiger partial charge >= 0.3 is 0 Å². The summed E-state index contributed by atoms with van der Waals surface area (Å²) in [5.41, 5.74) is 0.476. The second kappa shape index (κ2) is 4.35. The van der Waals surface area contributed by atoms with Gasteiger partial charge in [0, 0.05) is 10.8 Å². The molecule has 1 atom stereocenters. The second-order valence-electron chi connectivity index (χ2n) is 4.08. The van der Waals surface area contributed by atoms with Crippen LogP contribution in [0.15, 0.2) is 10.4 Å². The van der Waals surface area contributed by atoms with E-state index in [9.17, 15) is 4.79 Å². The summed E-state index contributed by atoms with van der Waals surface area (Å²) in [5.74, 6) is 0. The molecule has 0 radical (unpaired) electrons. The molecule has 0 amide bonds. The van der Waals surface area contributed by atoms with Crippen LogP contribution in [-0.4, -0.2) is 11.1 Å². The minimum absolute atomic E-state index is 0.0478. The van der Waals surface area contributed by atoms with Gasteiger partial charge in [0.1, 0.15) is 0 Å². The first-order chi connectivity index (χ1) is 6.99. The Morgan fingerprint density at radius 3 is 2.67 bits per heavy atom. The highest BCUT2D eigenvalue weighted by Gasteiger charge is 2.20. The summed E-state index contributed by atoms with van der Waals surface area (Å²) in [7, 11) is 0. The summed E-state index contributed by atoms with van der Waals surface area (Å²) in [6.07, 6.45) is 1.38. The maximum atomic E-state index is 10.1. The first-order valence-electron chi connectivity index (χ1n) is 4.41. The van der Waals surface area contributed by atoms with Gasteiger partial charge in [0.15, 0.2) is 6.04 Å². The molecule has 0 spiro atoms. The molecule has 78 valence electrons. The highest BCUT2D eigenvalue weighted by molar-refractivity contribution is 7.09. The van der Waals surface area contributed by atoms with Gasteiger partial charge in [-0.15, -0.1) is 11.3 Å². The van der Waals surface area contributed by atoms with Crippen LogP contribution in [-0.2, 0) is 10.2 Å². The van der Waals surface area contributed by atoms with E-state index in [0.29, 0.717) is 5.69 Å². The van der Waals surface area contributed by atoms with Gasteiger partial charge in [-0.05, 0) is 0 Å². The minimum atomic E-state index is -0.824. The van der Waals surface area contributed by atoms with Gasteiger partial charge in [0.25, 0.3) is 0 Å². The molecule has 1 aromatic rings. The molecule has 0 N–H and O–H groups in total. The van der Waals surface area contributed by atoms with Gasteiger partial charge in [0.2, 0.25) is 6.08 Å². The minimum Gasteiger partial charge on any atom is -0.242 e. The van der Waals surface area contributed by atoms with Crippen molar-refractivity contribution in [3.63, 3.8) is 0 Å². The number of rotatable bonds is 2. The summed E-state index contributed by atoms with van der Waals surface area (Å²) >= 11 is 1.47. The summed E-state index contributed by atoms with van der Waals surface area (Å²) in [5, 5.41) is 11.5. The topological polar surface area (TPSA) is 66.1 Å². The average molecular weight is 221 g/mol. The number of hydrogen-bond acceptors (Lipinski definition) is 5. The van der Waals surface area contributed by atoms with Crippen molar-refractivity contribution >= 4 is 17.4 Å². The first kappa shape index (κ1) is 11.6. The fraction of sp³-hybridized carbons (Fsp3) is 0.500. The van der Waals surface area contributed by atoms with Crippen molar-refractivity contribution in [2.45, 2.75) is 32.2 Å². The lowest BCUT2D eigenvalue weighted by Gasteiger charge is -2.13. The lowest BCUT2D eigenvalue weighted by molar-refractivity contribution is 0.560. The number of nitrogens with zero attached hydrogens (tertiary/aromatic N) is 3. The Hall–Kier alpha value is -1.50. The van der Waals surface area contributed by atoms with E-state index >= 15 is 0 Å². The average Bonchev–Trinajstić information content (AvgIpc) is 2.62. The zero-order chi connectivity index (χ0) is 11.5. The van der Waals surface area contributed by atoms with E-state index < -0.39 is 6.04 Å². The third-order valence-electron chi connectivity index (χ3n) is 1.75. The number of carbonyl (C=O) groups excluding carboxylic acids is 1. The van der Waals surface area contributed by atoms with E-state index in [1.807, 2.05) is 26.8 Å². The Balaban J connectivity index is 3.04. The second-order valence-corrected chi connectivity index (χ2v) is 4.94. The van der Waals surface area contributed by atoms with Gasteiger partial charge in [-0.3, -0.25) is 0 Å². The van der Waals surface area contributed by atoms with Crippen molar-refractivity contribution in [1.82, 2.24) is 4.98 Å². The van der Waals surface area contributed by atoms with E-state index in [0.717, 1.165) is 5.01 Å². The van der Waals surface area contributed by atoms with Crippen LogP contribution in [0.3, 0.4) is 0 Å². The maximum absolute atomic E-state index is 10.1. The largest absolute Gasteiger partial charge is 0.242 e. The van der Waals surface area contributed by atoms with Gasteiger partial charge in [-0.1, -0.05) is 20.8 Å². The zero-order valence-corrected chi connectivity index (χ0v) is 9.63. The molecule has 0 fully saturated rings. The predicted octanol–water partition coefficient (Wildman–Crippen LogP) is 2.34. The third-order valence-corrected chi connectivity index (χ3v) is 3.03. The molecule has 0 aliphatic rings. The number of thiazole rings is 1. The van der Waals surface area contributed by atoms with Crippen molar-refractivity contribution < 1.29 is 4.79 Å². The molecular formula is C10H11N3OS. The smallest absolute Gasteiger partial charge is 0.236 e. The SMILES string of the molecule is CC(C)(C)c1nc(C(C#N)N=C=O)cs1. The van der Waals surface area contributed by atoms with Crippen molar-refractivity contribution in [1.29, 1.82) is 5.26 Å². The van der Waals surface area contributed by atoms with Gasteiger partial charge in [-0.2, -0.15) is 10.3 Å². The number of aromatic nitrogens is 1. The third kappa shape index (κ3) is 2.72. The van der Waals surface area contributed by atoms with Crippen molar-refractivity contribution in [2.24, 2.45) is 4.99 Å². The highest BCUT2D eigenvalue weighted by Crippen LogP contribution is 2.28. The molecule has 0 aromatic carbocycles. The molecule has 1 unspecified atom stereocenters. The lowest BCUT2D eigenvalue weighted by Crippen LogP contribution is -2.10. The summed E-state index contributed by atoms with van der Waals surface area (Å²) in [6.45, 7) is 6.12. The standard InChI is InChI=1S/C10H11N3OS/c1-10(2,3)9-13-8(5-15-9)7(4-11)12-6-14/h5,7H,1-3H3. The van der Waals surface area contributed by atoms with E-state index in [2.05, 4.69) is 9.98 Å². The monoisotopic (exact) mass is 221 g/mol. The predicted molar refractivity (Wildman–Crippen MR) is 57.3 cm³/mol. The van der Waals surface area contributed by atoms with Gasteiger partial charge in [-0.25, -0.2) is 9.78 Å². The Kier molecular flexibility index (Phi) is 3.35. The van der Waals surface area contributed by atoms with Crippen molar-refractivity contribution in [3.8, 4) is 6.07 Å². The van der Waals surface area contributed by atoms with Crippen LogP contribution in [0.4, 0.5) is 0 Å². The summed E-state index contributed by atoms with van der Waals surface area (Å²) in [6, 6.07) is 1.07. The molecular weight excluding hydrogens is 210 g/mol. The highest BCUT2D eigenvalue weighted by atomic mass is 32.1. The van der Waals surface area contributed by atoms with Crippen molar-refractivity contribution in [3.05, 3.63) is 16.1 Å². The number of hydrogen-bond donors (Lipinski definition) is 0. The summed E-state index contributed by atoms with van der Waals surface area (Å²) in [4.78, 5) is 17.8. The fourth-order valence-corrected chi connectivity index (χ4v) is 1.90. The Morgan fingerprint density at radius 1 is 1.60 bits per heavy atom. The van der Waals surface area contributed by atoms with E-state index in [4.69, 9.17) is 5.26 Å². The van der Waals surface area contributed by atoms with E-state index in [1.54, 1.807) is 5.38 Å². The molecule has 1 heterocycles. The van der Waals surface area contributed by atoms with Crippen LogP contribution in [0.2, 0.25) is 0 Å². The van der Waals surface area contributed by atoms with Crippen molar-refractivity contribution in [2.75, 3.05) is 0 Å². The van der Waals surface area contributed by atoms with Crippen LogP contribution in [0.1, 0.15) is 37.5 Å². The molecule has 1 rings (SSSR count). The van der Waals surface area contributed by atoms with Gasteiger partial charge in [0.05, 0.1) is 16.8 Å². The maximum Gasteiger partial charge on any atom is 0.236 e. The Morgan fingerprint density at radius 2 is 2.27 bits per heavy atom. The van der Waals surface area contributed by atoms with Gasteiger partial charge < -0.3 is 0 Å². The molecule has 4 nitrogen and oxygen atoms in total. The van der Waals surface area contributed by atoms with E-state index in [1.165, 1.54) is 17.4 Å². The summed E-state index contributed by atoms with van der Waals surface area (Å²) < 4.78 is 0. The molecule has 0 saturated heterocycles. The molecule has 0 saturated carbocycles. The van der Waals surface area contributed by atoms with E-state index in [-0.39, 0.29) is 5.41 Å². The van der Waals surface area contributed by atoms with Crippen LogP contribution in [0.25, 0.3) is 0 Å². The number of isocyanates is 1. The number of nitriles is 1. The molecule has 1 aromatic heterocycles. The Labute approximate surface area is 92.3 Å². The zero-order valence-electron chi connectivity index (χ0n) is 8.81. The van der Waals surface area contributed by atoms with Crippen LogP contribution >= 0.6 is 11.3 Å². The first-order valence-corrected chi connectivity index (χ1v) is 5.29. The lowest BCUT2D eigenvalue weighted by atomic mass is 9.98. The fourth-order valence-electron chi connectivity index (χ4n) is 0.970. The van der Waals surface area contributed by atoms with Crippen LogP contribution in [0.5, 0.6) is 0 Å². The molecule has 0 bridgehead atoms. The Bertz CT molecular complexity index is 432.